The molecule has 5 heteroatoms. The number of hydrogen-bond donors (Lipinski definition) is 2. The Balaban J connectivity index is 2.68. The van der Waals surface area contributed by atoms with E-state index in [4.69, 9.17) is 14.2 Å². The Hall–Kier alpha value is -1.46. The average molecular weight is 268 g/mol. The molecule has 1 aromatic rings. The normalized spacial score (nSPS) is 10.3. The van der Waals surface area contributed by atoms with Gasteiger partial charge in [-0.05, 0) is 37.7 Å². The van der Waals surface area contributed by atoms with Crippen molar-refractivity contribution in [1.29, 1.82) is 0 Å². The molecule has 0 atom stereocenters. The number of hydrogen-bond acceptors (Lipinski definition) is 5. The maximum Gasteiger partial charge on any atom is 0.203 e. The van der Waals surface area contributed by atoms with Crippen LogP contribution in [0.2, 0.25) is 0 Å². The monoisotopic (exact) mass is 268 g/mol. The van der Waals surface area contributed by atoms with Gasteiger partial charge >= 0.3 is 0 Å². The van der Waals surface area contributed by atoms with E-state index in [1.807, 2.05) is 19.2 Å². The first-order valence-corrected chi connectivity index (χ1v) is 6.41. The second kappa shape index (κ2) is 8.61. The quantitative estimate of drug-likeness (QED) is 0.656. The van der Waals surface area contributed by atoms with Gasteiger partial charge in [0, 0.05) is 13.1 Å². The van der Waals surface area contributed by atoms with Crippen molar-refractivity contribution in [2.24, 2.45) is 0 Å². The molecule has 0 aromatic heterocycles. The number of benzene rings is 1. The molecule has 0 unspecified atom stereocenters. The van der Waals surface area contributed by atoms with Crippen molar-refractivity contribution in [1.82, 2.24) is 10.6 Å². The van der Waals surface area contributed by atoms with Crippen molar-refractivity contribution in [3.8, 4) is 17.2 Å². The fraction of sp³-hybridized carbons (Fsp3) is 0.571. The Labute approximate surface area is 115 Å². The summed E-state index contributed by atoms with van der Waals surface area (Å²) in [5.74, 6) is 2.04. The molecule has 5 nitrogen and oxygen atoms in total. The third-order valence-corrected chi connectivity index (χ3v) is 2.87. The van der Waals surface area contributed by atoms with Gasteiger partial charge in [0.05, 0.1) is 21.3 Å². The molecule has 0 heterocycles. The van der Waals surface area contributed by atoms with Gasteiger partial charge in [-0.1, -0.05) is 0 Å². The van der Waals surface area contributed by atoms with Gasteiger partial charge in [0.15, 0.2) is 11.5 Å². The fourth-order valence-electron chi connectivity index (χ4n) is 1.85. The zero-order chi connectivity index (χ0) is 14.1. The van der Waals surface area contributed by atoms with Crippen LogP contribution in [0.3, 0.4) is 0 Å². The van der Waals surface area contributed by atoms with Gasteiger partial charge in [0.25, 0.3) is 0 Å². The highest BCUT2D eigenvalue weighted by molar-refractivity contribution is 5.53. The van der Waals surface area contributed by atoms with E-state index in [2.05, 4.69) is 10.6 Å². The number of nitrogens with one attached hydrogen (secondary N) is 2. The molecule has 0 radical (unpaired) electrons. The third-order valence-electron chi connectivity index (χ3n) is 2.87. The lowest BCUT2D eigenvalue weighted by molar-refractivity contribution is 0.323. The summed E-state index contributed by atoms with van der Waals surface area (Å²) in [5.41, 5.74) is 1.16. The van der Waals surface area contributed by atoms with Crippen molar-refractivity contribution < 1.29 is 14.2 Å². The van der Waals surface area contributed by atoms with Crippen LogP contribution in [0.1, 0.15) is 5.56 Å². The molecule has 19 heavy (non-hydrogen) atoms. The second-order valence-corrected chi connectivity index (χ2v) is 4.14. The summed E-state index contributed by atoms with van der Waals surface area (Å²) in [7, 11) is 6.82. The van der Waals surface area contributed by atoms with Crippen molar-refractivity contribution in [3.05, 3.63) is 17.7 Å². The molecular weight excluding hydrogens is 244 g/mol. The van der Waals surface area contributed by atoms with Gasteiger partial charge in [0.2, 0.25) is 5.75 Å². The fourth-order valence-corrected chi connectivity index (χ4v) is 1.85. The number of rotatable bonds is 9. The molecule has 0 fully saturated rings. The predicted molar refractivity (Wildman–Crippen MR) is 76.6 cm³/mol. The van der Waals surface area contributed by atoms with Gasteiger partial charge in [-0.15, -0.1) is 0 Å². The minimum absolute atomic E-state index is 0.636. The Morgan fingerprint density at radius 1 is 0.895 bits per heavy atom. The largest absolute Gasteiger partial charge is 0.493 e. The Kier molecular flexibility index (Phi) is 7.07. The highest BCUT2D eigenvalue weighted by Gasteiger charge is 2.12. The van der Waals surface area contributed by atoms with E-state index in [9.17, 15) is 0 Å². The van der Waals surface area contributed by atoms with Crippen LogP contribution in [0.4, 0.5) is 0 Å². The van der Waals surface area contributed by atoms with E-state index in [0.29, 0.717) is 17.2 Å². The first-order chi connectivity index (χ1) is 9.26. The summed E-state index contributed by atoms with van der Waals surface area (Å²) >= 11 is 0. The zero-order valence-electron chi connectivity index (χ0n) is 12.2. The van der Waals surface area contributed by atoms with E-state index in [-0.39, 0.29) is 0 Å². The second-order valence-electron chi connectivity index (χ2n) is 4.14. The average Bonchev–Trinajstić information content (AvgIpc) is 2.45. The molecule has 2 N–H and O–H groups in total. The Morgan fingerprint density at radius 3 is 2.00 bits per heavy atom. The molecule has 0 aliphatic rings. The van der Waals surface area contributed by atoms with Crippen molar-refractivity contribution in [2.45, 2.75) is 6.42 Å². The number of ether oxygens (including phenoxy) is 3. The van der Waals surface area contributed by atoms with Crippen molar-refractivity contribution in [3.63, 3.8) is 0 Å². The van der Waals surface area contributed by atoms with E-state index >= 15 is 0 Å². The molecule has 0 spiro atoms. The minimum atomic E-state index is 0.636. The molecule has 0 amide bonds. The SMILES string of the molecule is CNCCNCCc1cc(OC)c(OC)c(OC)c1. The lowest BCUT2D eigenvalue weighted by atomic mass is 10.1. The van der Waals surface area contributed by atoms with Gasteiger partial charge in [-0.3, -0.25) is 0 Å². The van der Waals surface area contributed by atoms with Crippen LogP contribution < -0.4 is 24.8 Å². The predicted octanol–water partition coefficient (Wildman–Crippen LogP) is 1.06. The molecule has 0 saturated heterocycles. The van der Waals surface area contributed by atoms with Crippen LogP contribution in [0.15, 0.2) is 12.1 Å². The van der Waals surface area contributed by atoms with Crippen LogP contribution in [0.5, 0.6) is 17.2 Å². The van der Waals surface area contributed by atoms with Crippen molar-refractivity contribution >= 4 is 0 Å². The minimum Gasteiger partial charge on any atom is -0.493 e. The molecule has 0 aliphatic heterocycles. The maximum absolute atomic E-state index is 5.33. The Bertz CT molecular complexity index is 358. The Morgan fingerprint density at radius 2 is 1.53 bits per heavy atom. The molecule has 0 bridgehead atoms. The summed E-state index contributed by atoms with van der Waals surface area (Å²) in [6.45, 7) is 2.84. The number of likely N-dealkylation sites (N-methyl/N-ethyl adjacent to an activating group) is 1. The van der Waals surface area contributed by atoms with E-state index in [1.165, 1.54) is 0 Å². The maximum atomic E-state index is 5.33. The smallest absolute Gasteiger partial charge is 0.203 e. The molecular formula is C14H24N2O3. The lowest BCUT2D eigenvalue weighted by Gasteiger charge is -2.14. The van der Waals surface area contributed by atoms with Crippen LogP contribution in [0, 0.1) is 0 Å². The van der Waals surface area contributed by atoms with Gasteiger partial charge < -0.3 is 24.8 Å². The summed E-state index contributed by atoms with van der Waals surface area (Å²) in [4.78, 5) is 0. The standard InChI is InChI=1S/C14H24N2O3/c1-15-7-8-16-6-5-11-9-12(17-2)14(19-4)13(10-11)18-3/h9-10,15-16H,5-8H2,1-4H3. The van der Waals surface area contributed by atoms with E-state index in [1.54, 1.807) is 21.3 Å². The van der Waals surface area contributed by atoms with Crippen molar-refractivity contribution in [2.75, 3.05) is 48.0 Å². The zero-order valence-corrected chi connectivity index (χ0v) is 12.2. The summed E-state index contributed by atoms with van der Waals surface area (Å²) in [6, 6.07) is 3.97. The van der Waals surface area contributed by atoms with Gasteiger partial charge in [-0.2, -0.15) is 0 Å². The highest BCUT2D eigenvalue weighted by atomic mass is 16.5. The number of methoxy groups -OCH3 is 3. The van der Waals surface area contributed by atoms with Crippen LogP contribution in [-0.2, 0) is 6.42 Å². The third kappa shape index (κ3) is 4.61. The highest BCUT2D eigenvalue weighted by Crippen LogP contribution is 2.38. The van der Waals surface area contributed by atoms with Gasteiger partial charge in [0.1, 0.15) is 0 Å². The van der Waals surface area contributed by atoms with Crippen LogP contribution >= 0.6 is 0 Å². The van der Waals surface area contributed by atoms with E-state index in [0.717, 1.165) is 31.6 Å². The lowest BCUT2D eigenvalue weighted by Crippen LogP contribution is -2.26. The van der Waals surface area contributed by atoms with Gasteiger partial charge in [-0.25, -0.2) is 0 Å². The molecule has 0 aliphatic carbocycles. The first-order valence-electron chi connectivity index (χ1n) is 6.41. The molecule has 108 valence electrons. The summed E-state index contributed by atoms with van der Waals surface area (Å²) < 4.78 is 16.0. The van der Waals surface area contributed by atoms with Crippen LogP contribution in [0.25, 0.3) is 0 Å². The summed E-state index contributed by atoms with van der Waals surface area (Å²) in [6.07, 6.45) is 0.917. The molecule has 0 saturated carbocycles. The summed E-state index contributed by atoms with van der Waals surface area (Å²) in [5, 5.41) is 6.46. The first kappa shape index (κ1) is 15.6. The molecule has 1 rings (SSSR count). The topological polar surface area (TPSA) is 51.8 Å². The van der Waals surface area contributed by atoms with Crippen LogP contribution in [-0.4, -0.2) is 48.0 Å². The molecule has 1 aromatic carbocycles. The van der Waals surface area contributed by atoms with E-state index < -0.39 is 0 Å².